The molecule has 20 heavy (non-hydrogen) atoms. The number of nitrogens with one attached hydrogen (secondary N) is 1. The Morgan fingerprint density at radius 2 is 1.85 bits per heavy atom. The molecule has 1 amide bonds. The van der Waals surface area contributed by atoms with E-state index in [1.54, 1.807) is 0 Å². The number of carbonyl (C=O) groups is 1. The van der Waals surface area contributed by atoms with Crippen LogP contribution in [0.15, 0.2) is 0 Å². The highest BCUT2D eigenvalue weighted by atomic mass is 16.2. The summed E-state index contributed by atoms with van der Waals surface area (Å²) in [5.74, 6) is 1.02. The van der Waals surface area contributed by atoms with E-state index in [1.165, 1.54) is 32.1 Å². The lowest BCUT2D eigenvalue weighted by molar-refractivity contribution is -0.136. The van der Waals surface area contributed by atoms with E-state index in [0.717, 1.165) is 26.1 Å². The van der Waals surface area contributed by atoms with Gasteiger partial charge in [0.15, 0.2) is 0 Å². The van der Waals surface area contributed by atoms with Crippen molar-refractivity contribution in [3.05, 3.63) is 0 Å². The van der Waals surface area contributed by atoms with Gasteiger partial charge in [-0.1, -0.05) is 19.8 Å². The maximum absolute atomic E-state index is 12.9. The third-order valence-electron chi connectivity index (χ3n) is 4.80. The van der Waals surface area contributed by atoms with Crippen molar-refractivity contribution in [1.29, 1.82) is 0 Å². The predicted molar refractivity (Wildman–Crippen MR) is 82.7 cm³/mol. The summed E-state index contributed by atoms with van der Waals surface area (Å²) in [5, 5.41) is 3.44. The number of carbonyl (C=O) groups excluding carboxylic acids is 1. The molecule has 116 valence electrons. The van der Waals surface area contributed by atoms with Gasteiger partial charge in [0.1, 0.15) is 0 Å². The van der Waals surface area contributed by atoms with Crippen LogP contribution in [0.4, 0.5) is 0 Å². The van der Waals surface area contributed by atoms with Crippen LogP contribution in [0, 0.1) is 5.92 Å². The van der Waals surface area contributed by atoms with Gasteiger partial charge in [-0.05, 0) is 52.2 Å². The largest absolute Gasteiger partial charge is 0.337 e. The zero-order valence-electron chi connectivity index (χ0n) is 13.4. The van der Waals surface area contributed by atoms with Crippen molar-refractivity contribution in [3.8, 4) is 0 Å². The summed E-state index contributed by atoms with van der Waals surface area (Å²) in [7, 11) is 4.16. The quantitative estimate of drug-likeness (QED) is 0.833. The van der Waals surface area contributed by atoms with Crippen molar-refractivity contribution in [2.24, 2.45) is 5.92 Å². The SMILES string of the molecule is CC1CCNC(C(=O)N(CCN(C)C)C2CCCC2)C1. The number of hydrogen-bond donors (Lipinski definition) is 1. The molecule has 0 spiro atoms. The second-order valence-electron chi connectivity index (χ2n) is 6.91. The second-order valence-corrected chi connectivity index (χ2v) is 6.91. The van der Waals surface area contributed by atoms with E-state index in [1.807, 2.05) is 0 Å². The van der Waals surface area contributed by atoms with Crippen LogP contribution in [0.2, 0.25) is 0 Å². The Bertz CT molecular complexity index is 313. The van der Waals surface area contributed by atoms with Gasteiger partial charge in [-0.15, -0.1) is 0 Å². The summed E-state index contributed by atoms with van der Waals surface area (Å²) in [6.07, 6.45) is 7.16. The van der Waals surface area contributed by atoms with Gasteiger partial charge in [0.05, 0.1) is 6.04 Å². The normalized spacial score (nSPS) is 28.0. The van der Waals surface area contributed by atoms with Crippen LogP contribution in [-0.4, -0.2) is 61.5 Å². The smallest absolute Gasteiger partial charge is 0.240 e. The molecule has 1 aliphatic carbocycles. The number of amides is 1. The summed E-state index contributed by atoms with van der Waals surface area (Å²) in [4.78, 5) is 17.2. The Morgan fingerprint density at radius 3 is 2.45 bits per heavy atom. The van der Waals surface area contributed by atoms with Gasteiger partial charge in [0.25, 0.3) is 0 Å². The molecule has 0 aromatic carbocycles. The minimum Gasteiger partial charge on any atom is -0.337 e. The lowest BCUT2D eigenvalue weighted by Crippen LogP contribution is -2.53. The van der Waals surface area contributed by atoms with E-state index in [9.17, 15) is 4.79 Å². The van der Waals surface area contributed by atoms with Crippen molar-refractivity contribution >= 4 is 5.91 Å². The molecule has 2 unspecified atom stereocenters. The minimum absolute atomic E-state index is 0.0570. The number of nitrogens with zero attached hydrogens (tertiary/aromatic N) is 2. The summed E-state index contributed by atoms with van der Waals surface area (Å²) in [6, 6.07) is 0.544. The van der Waals surface area contributed by atoms with Gasteiger partial charge in [-0.2, -0.15) is 0 Å². The first kappa shape index (κ1) is 15.8. The second kappa shape index (κ2) is 7.41. The highest BCUT2D eigenvalue weighted by molar-refractivity contribution is 5.82. The molecule has 2 rings (SSSR count). The molecule has 0 bridgehead atoms. The van der Waals surface area contributed by atoms with E-state index in [4.69, 9.17) is 0 Å². The van der Waals surface area contributed by atoms with Gasteiger partial charge in [-0.25, -0.2) is 0 Å². The summed E-state index contributed by atoms with van der Waals surface area (Å²) < 4.78 is 0. The summed E-state index contributed by atoms with van der Waals surface area (Å²) in [6.45, 7) is 5.10. The van der Waals surface area contributed by atoms with Crippen LogP contribution in [0.1, 0.15) is 45.4 Å². The Labute approximate surface area is 123 Å². The number of rotatable bonds is 5. The van der Waals surface area contributed by atoms with Gasteiger partial charge in [0.2, 0.25) is 5.91 Å². The Morgan fingerprint density at radius 1 is 1.15 bits per heavy atom. The fourth-order valence-electron chi connectivity index (χ4n) is 3.49. The molecule has 2 atom stereocenters. The average Bonchev–Trinajstić information content (AvgIpc) is 2.92. The van der Waals surface area contributed by atoms with Crippen LogP contribution in [0.3, 0.4) is 0 Å². The van der Waals surface area contributed by atoms with E-state index in [2.05, 4.69) is 36.1 Å². The number of piperidine rings is 1. The molecular formula is C16H31N3O. The molecule has 2 aliphatic rings. The lowest BCUT2D eigenvalue weighted by Gasteiger charge is -2.36. The van der Waals surface area contributed by atoms with E-state index >= 15 is 0 Å². The van der Waals surface area contributed by atoms with E-state index in [-0.39, 0.29) is 6.04 Å². The zero-order valence-corrected chi connectivity index (χ0v) is 13.4. The van der Waals surface area contributed by atoms with Crippen molar-refractivity contribution in [2.45, 2.75) is 57.5 Å². The van der Waals surface area contributed by atoms with Crippen molar-refractivity contribution in [2.75, 3.05) is 33.7 Å². The van der Waals surface area contributed by atoms with E-state index in [0.29, 0.717) is 17.9 Å². The van der Waals surface area contributed by atoms with Gasteiger partial charge < -0.3 is 15.1 Å². The van der Waals surface area contributed by atoms with Crippen molar-refractivity contribution in [1.82, 2.24) is 15.1 Å². The predicted octanol–water partition coefficient (Wildman–Crippen LogP) is 1.71. The Kier molecular flexibility index (Phi) is 5.85. The first-order chi connectivity index (χ1) is 9.58. The average molecular weight is 281 g/mol. The minimum atomic E-state index is 0.0570. The highest BCUT2D eigenvalue weighted by Crippen LogP contribution is 2.25. The molecule has 1 saturated heterocycles. The topological polar surface area (TPSA) is 35.6 Å². The van der Waals surface area contributed by atoms with Crippen LogP contribution < -0.4 is 5.32 Å². The number of hydrogen-bond acceptors (Lipinski definition) is 3. The fraction of sp³-hybridized carbons (Fsp3) is 0.938. The molecule has 0 radical (unpaired) electrons. The summed E-state index contributed by atoms with van der Waals surface area (Å²) >= 11 is 0. The molecule has 0 aromatic rings. The molecular weight excluding hydrogens is 250 g/mol. The molecule has 4 nitrogen and oxygen atoms in total. The van der Waals surface area contributed by atoms with Gasteiger partial charge >= 0.3 is 0 Å². The van der Waals surface area contributed by atoms with Crippen LogP contribution in [-0.2, 0) is 4.79 Å². The highest BCUT2D eigenvalue weighted by Gasteiger charge is 2.33. The standard InChI is InChI=1S/C16H31N3O/c1-13-8-9-17-15(12-13)16(20)19(11-10-18(2)3)14-6-4-5-7-14/h13-15,17H,4-12H2,1-3H3. The van der Waals surface area contributed by atoms with E-state index < -0.39 is 0 Å². The Hall–Kier alpha value is -0.610. The lowest BCUT2D eigenvalue weighted by atomic mass is 9.93. The molecule has 1 heterocycles. The third kappa shape index (κ3) is 4.19. The van der Waals surface area contributed by atoms with Crippen LogP contribution >= 0.6 is 0 Å². The van der Waals surface area contributed by atoms with Crippen molar-refractivity contribution < 1.29 is 4.79 Å². The molecule has 1 aliphatic heterocycles. The Balaban J connectivity index is 1.98. The maximum Gasteiger partial charge on any atom is 0.240 e. The first-order valence-corrected chi connectivity index (χ1v) is 8.26. The van der Waals surface area contributed by atoms with Crippen LogP contribution in [0.25, 0.3) is 0 Å². The monoisotopic (exact) mass is 281 g/mol. The molecule has 1 saturated carbocycles. The molecule has 2 fully saturated rings. The third-order valence-corrected chi connectivity index (χ3v) is 4.80. The molecule has 4 heteroatoms. The molecule has 0 aromatic heterocycles. The zero-order chi connectivity index (χ0) is 14.5. The van der Waals surface area contributed by atoms with Gasteiger partial charge in [0, 0.05) is 19.1 Å². The summed E-state index contributed by atoms with van der Waals surface area (Å²) in [5.41, 5.74) is 0. The fourth-order valence-corrected chi connectivity index (χ4v) is 3.49. The molecule has 1 N–H and O–H groups in total. The first-order valence-electron chi connectivity index (χ1n) is 8.26. The van der Waals surface area contributed by atoms with Crippen molar-refractivity contribution in [3.63, 3.8) is 0 Å². The maximum atomic E-state index is 12.9. The van der Waals surface area contributed by atoms with Crippen LogP contribution in [0.5, 0.6) is 0 Å². The number of likely N-dealkylation sites (N-methyl/N-ethyl adjacent to an activating group) is 1. The van der Waals surface area contributed by atoms with Gasteiger partial charge in [-0.3, -0.25) is 4.79 Å².